The topological polar surface area (TPSA) is 46.5 Å². The van der Waals surface area contributed by atoms with E-state index in [1.165, 1.54) is 31.2 Å². The maximum absolute atomic E-state index is 11.9. The van der Waals surface area contributed by atoms with Crippen molar-refractivity contribution in [2.24, 2.45) is 34.5 Å². The van der Waals surface area contributed by atoms with Crippen molar-refractivity contribution in [3.05, 3.63) is 42.0 Å². The molecular formula is C29H40O3. The quantitative estimate of drug-likeness (QED) is 0.557. The fraction of sp³-hybridized carbons (Fsp3) is 0.690. The van der Waals surface area contributed by atoms with Crippen LogP contribution in [0.2, 0.25) is 0 Å². The van der Waals surface area contributed by atoms with Gasteiger partial charge in [-0.15, -0.1) is 0 Å². The maximum atomic E-state index is 11.9. The molecule has 8 atom stereocenters. The molecule has 5 rings (SSSR count). The predicted octanol–water partition coefficient (Wildman–Crippen LogP) is 6.41. The molecule has 1 aromatic carbocycles. The Hall–Kier alpha value is -1.61. The lowest BCUT2D eigenvalue weighted by molar-refractivity contribution is -0.164. The first-order chi connectivity index (χ1) is 15.3. The summed E-state index contributed by atoms with van der Waals surface area (Å²) in [5.41, 5.74) is 0.793. The second-order valence-corrected chi connectivity index (χ2v) is 11.8. The van der Waals surface area contributed by atoms with Crippen LogP contribution in [0.15, 0.2) is 36.4 Å². The highest BCUT2D eigenvalue weighted by Crippen LogP contribution is 2.68. The van der Waals surface area contributed by atoms with Crippen LogP contribution < -0.4 is 0 Å². The van der Waals surface area contributed by atoms with Crippen LogP contribution in [0.4, 0.5) is 0 Å². The third-order valence-electron chi connectivity index (χ3n) is 10.5. The number of benzene rings is 1. The summed E-state index contributed by atoms with van der Waals surface area (Å²) < 4.78 is 5.62. The van der Waals surface area contributed by atoms with E-state index in [4.69, 9.17) is 4.74 Å². The molecule has 4 aliphatic rings. The largest absolute Gasteiger partial charge is 0.463 e. The van der Waals surface area contributed by atoms with Gasteiger partial charge in [-0.2, -0.15) is 0 Å². The number of carbonyl (C=O) groups excluding carboxylic acids is 1. The highest BCUT2D eigenvalue weighted by atomic mass is 16.5. The Morgan fingerprint density at radius 1 is 1.00 bits per heavy atom. The van der Waals surface area contributed by atoms with Crippen LogP contribution in [0.5, 0.6) is 0 Å². The highest BCUT2D eigenvalue weighted by Gasteiger charge is 2.64. The van der Waals surface area contributed by atoms with Crippen LogP contribution in [-0.2, 0) is 9.53 Å². The van der Waals surface area contributed by atoms with Crippen LogP contribution in [0.3, 0.4) is 0 Å². The van der Waals surface area contributed by atoms with Gasteiger partial charge in [0.15, 0.2) is 0 Å². The van der Waals surface area contributed by atoms with Gasteiger partial charge in [-0.25, -0.2) is 0 Å². The summed E-state index contributed by atoms with van der Waals surface area (Å²) in [7, 11) is 0. The zero-order valence-electron chi connectivity index (χ0n) is 20.1. The van der Waals surface area contributed by atoms with Crippen molar-refractivity contribution in [3.63, 3.8) is 0 Å². The number of hydrogen-bond acceptors (Lipinski definition) is 3. The molecule has 32 heavy (non-hydrogen) atoms. The van der Waals surface area contributed by atoms with Crippen LogP contribution in [0.1, 0.15) is 84.1 Å². The number of rotatable bonds is 3. The van der Waals surface area contributed by atoms with Gasteiger partial charge in [0.25, 0.3) is 0 Å². The third kappa shape index (κ3) is 3.47. The Labute approximate surface area is 193 Å². The number of ether oxygens (including phenoxy) is 1. The summed E-state index contributed by atoms with van der Waals surface area (Å²) in [5, 5.41) is 11.9. The van der Waals surface area contributed by atoms with Crippen LogP contribution in [-0.4, -0.2) is 22.8 Å². The van der Waals surface area contributed by atoms with Gasteiger partial charge in [0.05, 0.1) is 5.60 Å². The number of fused-ring (bicyclic) bond motifs is 5. The smallest absolute Gasteiger partial charge is 0.302 e. The lowest BCUT2D eigenvalue weighted by Crippen LogP contribution is -2.56. The Bertz CT molecular complexity index is 878. The Morgan fingerprint density at radius 3 is 2.50 bits per heavy atom. The van der Waals surface area contributed by atoms with E-state index in [0.717, 1.165) is 43.9 Å². The van der Waals surface area contributed by atoms with Gasteiger partial charge in [0.2, 0.25) is 0 Å². The molecule has 0 unspecified atom stereocenters. The molecule has 3 heteroatoms. The predicted molar refractivity (Wildman–Crippen MR) is 128 cm³/mol. The third-order valence-corrected chi connectivity index (χ3v) is 10.5. The average molecular weight is 437 g/mol. The molecular weight excluding hydrogens is 396 g/mol. The van der Waals surface area contributed by atoms with E-state index < -0.39 is 5.60 Å². The molecule has 1 aromatic rings. The Balaban J connectivity index is 1.35. The summed E-state index contributed by atoms with van der Waals surface area (Å²) in [6.07, 6.45) is 14.5. The minimum absolute atomic E-state index is 0.0302. The molecule has 0 aromatic heterocycles. The molecule has 4 saturated carbocycles. The molecule has 0 amide bonds. The first-order valence-electron chi connectivity index (χ1n) is 12.9. The molecule has 0 aliphatic heterocycles. The molecule has 174 valence electrons. The maximum Gasteiger partial charge on any atom is 0.302 e. The van der Waals surface area contributed by atoms with Gasteiger partial charge < -0.3 is 9.84 Å². The molecule has 0 radical (unpaired) electrons. The van der Waals surface area contributed by atoms with E-state index in [9.17, 15) is 9.90 Å². The minimum atomic E-state index is -0.705. The van der Waals surface area contributed by atoms with Crippen molar-refractivity contribution >= 4 is 12.0 Å². The van der Waals surface area contributed by atoms with Crippen molar-refractivity contribution in [2.45, 2.75) is 90.3 Å². The molecule has 0 heterocycles. The number of aliphatic hydroxyl groups is 1. The first-order valence-corrected chi connectivity index (χ1v) is 12.9. The van der Waals surface area contributed by atoms with Gasteiger partial charge in [0, 0.05) is 12.3 Å². The Morgan fingerprint density at radius 2 is 1.75 bits per heavy atom. The SMILES string of the molecule is CC(=O)O[C@H]1CC[C@]2(C)[C@@H](CC[C@@H]3[C@H]4CC[C@@](O)(C=Cc5ccccc5)[C@@]4(C)CC[C@@H]32)C1. The van der Waals surface area contributed by atoms with Crippen LogP contribution in [0, 0.1) is 34.5 Å². The van der Waals surface area contributed by atoms with E-state index in [2.05, 4.69) is 50.3 Å². The van der Waals surface area contributed by atoms with Crippen LogP contribution >= 0.6 is 0 Å². The van der Waals surface area contributed by atoms with Gasteiger partial charge in [-0.1, -0.05) is 56.3 Å². The highest BCUT2D eigenvalue weighted by molar-refractivity contribution is 5.66. The lowest BCUT2D eigenvalue weighted by Gasteiger charge is -2.61. The van der Waals surface area contributed by atoms with Gasteiger partial charge in [-0.05, 0) is 92.4 Å². The molecule has 4 aliphatic carbocycles. The standard InChI is InChI=1S/C29H40O3/c1-20(30)32-23-12-15-27(2)22(19-23)9-10-24-25(27)13-16-28(3)26(24)14-18-29(28,31)17-11-21-7-5-4-6-8-21/h4-8,11,17,22-26,31H,9-10,12-16,18-19H2,1-3H3/t22-,23-,24-,25-,26+,27+,28-,29-/m0/s1. The van der Waals surface area contributed by atoms with Crippen molar-refractivity contribution in [3.8, 4) is 0 Å². The van der Waals surface area contributed by atoms with E-state index in [0.29, 0.717) is 17.3 Å². The summed E-state index contributed by atoms with van der Waals surface area (Å²) in [5.74, 6) is 2.62. The lowest BCUT2D eigenvalue weighted by atomic mass is 9.44. The van der Waals surface area contributed by atoms with E-state index in [1.54, 1.807) is 6.92 Å². The summed E-state index contributed by atoms with van der Waals surface area (Å²) >= 11 is 0. The van der Waals surface area contributed by atoms with Crippen molar-refractivity contribution in [1.82, 2.24) is 0 Å². The Kier molecular flexibility index (Phi) is 5.55. The monoisotopic (exact) mass is 436 g/mol. The fourth-order valence-electron chi connectivity index (χ4n) is 8.68. The normalized spacial score (nSPS) is 45.7. The summed E-state index contributed by atoms with van der Waals surface area (Å²) in [6, 6.07) is 10.4. The average Bonchev–Trinajstić information content (AvgIpc) is 3.04. The van der Waals surface area contributed by atoms with Crippen molar-refractivity contribution in [1.29, 1.82) is 0 Å². The molecule has 1 N–H and O–H groups in total. The van der Waals surface area contributed by atoms with Crippen molar-refractivity contribution < 1.29 is 14.6 Å². The van der Waals surface area contributed by atoms with Gasteiger partial charge >= 0.3 is 5.97 Å². The zero-order valence-corrected chi connectivity index (χ0v) is 20.1. The second-order valence-electron chi connectivity index (χ2n) is 11.8. The number of hydrogen-bond donors (Lipinski definition) is 1. The molecule has 0 saturated heterocycles. The summed E-state index contributed by atoms with van der Waals surface area (Å²) in [4.78, 5) is 11.5. The molecule has 3 nitrogen and oxygen atoms in total. The molecule has 0 spiro atoms. The fourth-order valence-corrected chi connectivity index (χ4v) is 8.68. The first kappa shape index (κ1) is 22.2. The minimum Gasteiger partial charge on any atom is -0.463 e. The molecule has 0 bridgehead atoms. The molecule has 4 fully saturated rings. The van der Waals surface area contributed by atoms with E-state index in [1.807, 2.05) is 6.07 Å². The van der Waals surface area contributed by atoms with Crippen LogP contribution in [0.25, 0.3) is 6.08 Å². The second kappa shape index (κ2) is 8.01. The zero-order chi connectivity index (χ0) is 22.6. The summed E-state index contributed by atoms with van der Waals surface area (Å²) in [6.45, 7) is 6.46. The van der Waals surface area contributed by atoms with Gasteiger partial charge in [0.1, 0.15) is 6.10 Å². The number of carbonyl (C=O) groups is 1. The van der Waals surface area contributed by atoms with E-state index >= 15 is 0 Å². The van der Waals surface area contributed by atoms with Gasteiger partial charge in [-0.3, -0.25) is 4.79 Å². The van der Waals surface area contributed by atoms with Crippen molar-refractivity contribution in [2.75, 3.05) is 0 Å². The number of esters is 1. The van der Waals surface area contributed by atoms with E-state index in [-0.39, 0.29) is 17.5 Å².